The van der Waals surface area contributed by atoms with E-state index < -0.39 is 0 Å². The summed E-state index contributed by atoms with van der Waals surface area (Å²) in [5.74, 6) is 2.75. The normalized spacial score (nSPS) is 22.9. The Morgan fingerprint density at radius 2 is 2.05 bits per heavy atom. The van der Waals surface area contributed by atoms with E-state index in [0.717, 1.165) is 50.7 Å². The number of aryl methyl sites for hydroxylation is 1. The van der Waals surface area contributed by atoms with Crippen LogP contribution in [0.2, 0.25) is 0 Å². The van der Waals surface area contributed by atoms with Gasteiger partial charge in [0.15, 0.2) is 5.82 Å². The standard InChI is InChI=1S/C16H27N5O/c1-12(2)10-19-7-5-4-6-14(19)16(22)20-8-9-21-13(3)17-18-15(21)11-20/h12,14H,4-11H2,1-3H3. The summed E-state index contributed by atoms with van der Waals surface area (Å²) >= 11 is 0. The molecule has 22 heavy (non-hydrogen) atoms. The lowest BCUT2D eigenvalue weighted by Gasteiger charge is -2.39. The maximum Gasteiger partial charge on any atom is 0.240 e. The highest BCUT2D eigenvalue weighted by Gasteiger charge is 2.34. The molecule has 6 nitrogen and oxygen atoms in total. The van der Waals surface area contributed by atoms with Crippen molar-refractivity contribution in [3.8, 4) is 0 Å². The molecule has 122 valence electrons. The quantitative estimate of drug-likeness (QED) is 0.848. The SMILES string of the molecule is Cc1nnc2n1CCN(C(=O)C1CCCCN1CC(C)C)C2. The topological polar surface area (TPSA) is 54.3 Å². The van der Waals surface area contributed by atoms with Gasteiger partial charge < -0.3 is 9.47 Å². The fourth-order valence-electron chi connectivity index (χ4n) is 3.66. The van der Waals surface area contributed by atoms with Gasteiger partial charge in [-0.15, -0.1) is 10.2 Å². The molecule has 1 amide bonds. The van der Waals surface area contributed by atoms with Gasteiger partial charge in [0.1, 0.15) is 5.82 Å². The number of hydrogen-bond donors (Lipinski definition) is 0. The molecule has 1 fully saturated rings. The lowest BCUT2D eigenvalue weighted by atomic mass is 9.99. The number of amides is 1. The largest absolute Gasteiger partial charge is 0.332 e. The van der Waals surface area contributed by atoms with Crippen molar-refractivity contribution in [1.82, 2.24) is 24.6 Å². The summed E-state index contributed by atoms with van der Waals surface area (Å²) in [5.41, 5.74) is 0. The number of aromatic nitrogens is 3. The van der Waals surface area contributed by atoms with E-state index in [1.807, 2.05) is 11.8 Å². The zero-order valence-corrected chi connectivity index (χ0v) is 14.0. The second kappa shape index (κ2) is 6.36. The zero-order valence-electron chi connectivity index (χ0n) is 14.0. The summed E-state index contributed by atoms with van der Waals surface area (Å²) in [4.78, 5) is 17.4. The average Bonchev–Trinajstić information content (AvgIpc) is 2.87. The minimum atomic E-state index is 0.0618. The molecule has 0 N–H and O–H groups in total. The number of hydrogen-bond acceptors (Lipinski definition) is 4. The molecule has 2 aliphatic heterocycles. The lowest BCUT2D eigenvalue weighted by Crippen LogP contribution is -2.53. The van der Waals surface area contributed by atoms with E-state index in [9.17, 15) is 4.79 Å². The highest BCUT2D eigenvalue weighted by molar-refractivity contribution is 5.82. The van der Waals surface area contributed by atoms with Crippen LogP contribution < -0.4 is 0 Å². The predicted molar refractivity (Wildman–Crippen MR) is 84.2 cm³/mol. The zero-order chi connectivity index (χ0) is 15.7. The molecule has 0 spiro atoms. The third kappa shape index (κ3) is 3.02. The van der Waals surface area contributed by atoms with Gasteiger partial charge in [-0.25, -0.2) is 0 Å². The molecule has 0 aromatic carbocycles. The number of fused-ring (bicyclic) bond motifs is 1. The monoisotopic (exact) mass is 305 g/mol. The minimum absolute atomic E-state index is 0.0618. The first-order valence-electron chi connectivity index (χ1n) is 8.47. The maximum atomic E-state index is 13.0. The van der Waals surface area contributed by atoms with Crippen molar-refractivity contribution in [1.29, 1.82) is 0 Å². The van der Waals surface area contributed by atoms with Crippen LogP contribution in [0.5, 0.6) is 0 Å². The second-order valence-corrected chi connectivity index (χ2v) is 6.98. The van der Waals surface area contributed by atoms with Gasteiger partial charge in [-0.05, 0) is 32.2 Å². The summed E-state index contributed by atoms with van der Waals surface area (Å²) in [7, 11) is 0. The molecule has 3 heterocycles. The Hall–Kier alpha value is -1.43. The summed E-state index contributed by atoms with van der Waals surface area (Å²) in [6.07, 6.45) is 3.37. The van der Waals surface area contributed by atoms with Crippen molar-refractivity contribution in [2.45, 2.75) is 59.2 Å². The Bertz CT molecular complexity index is 539. The van der Waals surface area contributed by atoms with Crippen LogP contribution in [0.4, 0.5) is 0 Å². The second-order valence-electron chi connectivity index (χ2n) is 6.98. The van der Waals surface area contributed by atoms with Crippen LogP contribution in [0.3, 0.4) is 0 Å². The molecular formula is C16H27N5O. The molecule has 0 saturated carbocycles. The lowest BCUT2D eigenvalue weighted by molar-refractivity contribution is -0.140. The number of nitrogens with zero attached hydrogens (tertiary/aromatic N) is 5. The minimum Gasteiger partial charge on any atom is -0.332 e. The number of likely N-dealkylation sites (tertiary alicyclic amines) is 1. The van der Waals surface area contributed by atoms with Crippen LogP contribution in [0.15, 0.2) is 0 Å². The van der Waals surface area contributed by atoms with Crippen molar-refractivity contribution < 1.29 is 4.79 Å². The molecule has 0 bridgehead atoms. The van der Waals surface area contributed by atoms with Crippen molar-refractivity contribution in [3.05, 3.63) is 11.6 Å². The van der Waals surface area contributed by atoms with Gasteiger partial charge >= 0.3 is 0 Å². The highest BCUT2D eigenvalue weighted by Crippen LogP contribution is 2.22. The molecule has 1 aromatic heterocycles. The molecule has 1 saturated heterocycles. The van der Waals surface area contributed by atoms with E-state index in [-0.39, 0.29) is 11.9 Å². The molecule has 1 atom stereocenters. The van der Waals surface area contributed by atoms with Crippen LogP contribution in [-0.4, -0.2) is 56.1 Å². The molecule has 1 aromatic rings. The Labute approximate surface area is 132 Å². The molecule has 3 rings (SSSR count). The average molecular weight is 305 g/mol. The number of piperidine rings is 1. The first kappa shape index (κ1) is 15.5. The molecule has 2 aliphatic rings. The third-order valence-corrected chi connectivity index (χ3v) is 4.75. The Balaban J connectivity index is 1.70. The van der Waals surface area contributed by atoms with E-state index in [1.165, 1.54) is 6.42 Å². The summed E-state index contributed by atoms with van der Waals surface area (Å²) in [6.45, 7) is 10.7. The van der Waals surface area contributed by atoms with Gasteiger partial charge in [0.2, 0.25) is 5.91 Å². The van der Waals surface area contributed by atoms with Crippen LogP contribution in [0.1, 0.15) is 44.8 Å². The van der Waals surface area contributed by atoms with Crippen LogP contribution >= 0.6 is 0 Å². The molecular weight excluding hydrogens is 278 g/mol. The van der Waals surface area contributed by atoms with E-state index in [0.29, 0.717) is 12.5 Å². The van der Waals surface area contributed by atoms with Crippen molar-refractivity contribution >= 4 is 5.91 Å². The van der Waals surface area contributed by atoms with Crippen LogP contribution in [-0.2, 0) is 17.9 Å². The number of rotatable bonds is 3. The molecule has 0 aliphatic carbocycles. The van der Waals surface area contributed by atoms with Crippen LogP contribution in [0, 0.1) is 12.8 Å². The van der Waals surface area contributed by atoms with Gasteiger partial charge in [-0.3, -0.25) is 9.69 Å². The third-order valence-electron chi connectivity index (χ3n) is 4.75. The van der Waals surface area contributed by atoms with Crippen LogP contribution in [0.25, 0.3) is 0 Å². The number of carbonyl (C=O) groups is 1. The Kier molecular flexibility index (Phi) is 4.47. The molecule has 6 heteroatoms. The summed E-state index contributed by atoms with van der Waals surface area (Å²) in [6, 6.07) is 0.0618. The van der Waals surface area contributed by atoms with Crippen molar-refractivity contribution in [3.63, 3.8) is 0 Å². The van der Waals surface area contributed by atoms with Gasteiger partial charge in [0, 0.05) is 19.6 Å². The van der Waals surface area contributed by atoms with E-state index >= 15 is 0 Å². The van der Waals surface area contributed by atoms with Gasteiger partial charge in [0.05, 0.1) is 12.6 Å². The Morgan fingerprint density at radius 1 is 1.23 bits per heavy atom. The van der Waals surface area contributed by atoms with Crippen molar-refractivity contribution in [2.24, 2.45) is 5.92 Å². The fourth-order valence-corrected chi connectivity index (χ4v) is 3.66. The highest BCUT2D eigenvalue weighted by atomic mass is 16.2. The van der Waals surface area contributed by atoms with E-state index in [4.69, 9.17) is 0 Å². The first-order chi connectivity index (χ1) is 10.6. The van der Waals surface area contributed by atoms with Gasteiger partial charge in [-0.2, -0.15) is 0 Å². The predicted octanol–water partition coefficient (Wildman–Crippen LogP) is 1.44. The first-order valence-corrected chi connectivity index (χ1v) is 8.47. The summed E-state index contributed by atoms with van der Waals surface area (Å²) in [5, 5.41) is 8.33. The van der Waals surface area contributed by atoms with Gasteiger partial charge in [0.25, 0.3) is 0 Å². The molecule has 1 unspecified atom stereocenters. The Morgan fingerprint density at radius 3 is 2.82 bits per heavy atom. The van der Waals surface area contributed by atoms with Crippen molar-refractivity contribution in [2.75, 3.05) is 19.6 Å². The fraction of sp³-hybridized carbons (Fsp3) is 0.812. The maximum absolute atomic E-state index is 13.0. The van der Waals surface area contributed by atoms with E-state index in [2.05, 4.69) is 33.5 Å². The smallest absolute Gasteiger partial charge is 0.240 e. The summed E-state index contributed by atoms with van der Waals surface area (Å²) < 4.78 is 2.12. The van der Waals surface area contributed by atoms with E-state index in [1.54, 1.807) is 0 Å². The van der Waals surface area contributed by atoms with Gasteiger partial charge in [-0.1, -0.05) is 20.3 Å². The number of carbonyl (C=O) groups excluding carboxylic acids is 1. The molecule has 0 radical (unpaired) electrons.